The van der Waals surface area contributed by atoms with Gasteiger partial charge >= 0.3 is 0 Å². The third kappa shape index (κ3) is 4.91. The Labute approximate surface area is 170 Å². The number of sulfonamides is 1. The predicted molar refractivity (Wildman–Crippen MR) is 111 cm³/mol. The van der Waals surface area contributed by atoms with Crippen LogP contribution in [0.2, 0.25) is 0 Å². The fraction of sp³-hybridized carbons (Fsp3) is 0.300. The molecule has 2 rings (SSSR count). The van der Waals surface area contributed by atoms with E-state index in [2.05, 4.69) is 5.32 Å². The molecule has 0 aliphatic heterocycles. The molecule has 150 valence electrons. The van der Waals surface area contributed by atoms with Gasteiger partial charge < -0.3 is 5.32 Å². The molecular formula is C20H23ClN2O4S. The van der Waals surface area contributed by atoms with Gasteiger partial charge in [0, 0.05) is 12.6 Å². The van der Waals surface area contributed by atoms with E-state index >= 15 is 0 Å². The Balaban J connectivity index is 2.49. The standard InChI is InChI=1S/C20H23ClN2O4S/c1-13(2)16-5-9-18(10-6-16)23(14(3)20(21)25)28(26,27)19-11-7-17(8-12-19)22-15(4)24/h5-14H,1-4H3,(H,22,24). The maximum atomic E-state index is 13.3. The lowest BCUT2D eigenvalue weighted by atomic mass is 10.0. The van der Waals surface area contributed by atoms with Gasteiger partial charge in [-0.2, -0.15) is 0 Å². The Kier molecular flexibility index (Phi) is 6.85. The van der Waals surface area contributed by atoms with E-state index in [-0.39, 0.29) is 16.7 Å². The summed E-state index contributed by atoms with van der Waals surface area (Å²) in [6.07, 6.45) is 0. The Hall–Kier alpha value is -2.38. The van der Waals surface area contributed by atoms with Crippen LogP contribution in [-0.2, 0) is 19.6 Å². The molecule has 0 saturated heterocycles. The van der Waals surface area contributed by atoms with E-state index < -0.39 is 21.3 Å². The van der Waals surface area contributed by atoms with Crippen molar-refractivity contribution in [3.05, 3.63) is 54.1 Å². The van der Waals surface area contributed by atoms with Gasteiger partial charge in [0.2, 0.25) is 11.1 Å². The lowest BCUT2D eigenvalue weighted by Crippen LogP contribution is -2.42. The van der Waals surface area contributed by atoms with Crippen LogP contribution >= 0.6 is 11.6 Å². The zero-order valence-corrected chi connectivity index (χ0v) is 17.7. The molecule has 1 N–H and O–H groups in total. The van der Waals surface area contributed by atoms with Crippen molar-refractivity contribution >= 4 is 44.1 Å². The average molecular weight is 423 g/mol. The molecule has 8 heteroatoms. The Morgan fingerprint density at radius 1 is 0.964 bits per heavy atom. The van der Waals surface area contributed by atoms with E-state index in [1.807, 2.05) is 26.0 Å². The summed E-state index contributed by atoms with van der Waals surface area (Å²) in [5.74, 6) is 0.0244. The number of nitrogens with zero attached hydrogens (tertiary/aromatic N) is 1. The largest absolute Gasteiger partial charge is 0.326 e. The van der Waals surface area contributed by atoms with Crippen molar-refractivity contribution in [2.24, 2.45) is 0 Å². The fourth-order valence-electron chi connectivity index (χ4n) is 2.70. The number of halogens is 1. The lowest BCUT2D eigenvalue weighted by molar-refractivity contribution is -0.114. The van der Waals surface area contributed by atoms with Gasteiger partial charge in [-0.25, -0.2) is 8.42 Å². The second-order valence-electron chi connectivity index (χ2n) is 6.73. The first-order chi connectivity index (χ1) is 13.0. The summed E-state index contributed by atoms with van der Waals surface area (Å²) in [6.45, 7) is 6.87. The predicted octanol–water partition coefficient (Wildman–Crippen LogP) is 4.12. The minimum Gasteiger partial charge on any atom is -0.326 e. The molecule has 6 nitrogen and oxygen atoms in total. The smallest absolute Gasteiger partial charge is 0.265 e. The second-order valence-corrected chi connectivity index (χ2v) is 8.92. The molecule has 1 amide bonds. The van der Waals surface area contributed by atoms with E-state index in [9.17, 15) is 18.0 Å². The molecule has 0 spiro atoms. The highest BCUT2D eigenvalue weighted by Crippen LogP contribution is 2.29. The summed E-state index contributed by atoms with van der Waals surface area (Å²) in [6, 6.07) is 11.6. The maximum absolute atomic E-state index is 13.3. The maximum Gasteiger partial charge on any atom is 0.265 e. The number of hydrogen-bond donors (Lipinski definition) is 1. The SMILES string of the molecule is CC(=O)Nc1ccc(S(=O)(=O)N(c2ccc(C(C)C)cc2)C(C)C(=O)Cl)cc1. The molecule has 0 bridgehead atoms. The van der Waals surface area contributed by atoms with Gasteiger partial charge in [-0.3, -0.25) is 13.9 Å². The monoisotopic (exact) mass is 422 g/mol. The van der Waals surface area contributed by atoms with Crippen LogP contribution in [0.1, 0.15) is 39.2 Å². The van der Waals surface area contributed by atoms with Crippen molar-refractivity contribution in [2.45, 2.75) is 44.6 Å². The molecule has 0 heterocycles. The summed E-state index contributed by atoms with van der Waals surface area (Å²) in [7, 11) is -4.06. The van der Waals surface area contributed by atoms with E-state index in [1.165, 1.54) is 38.1 Å². The molecule has 0 aromatic heterocycles. The highest BCUT2D eigenvalue weighted by molar-refractivity contribution is 7.93. The third-order valence-corrected chi connectivity index (χ3v) is 6.45. The zero-order chi connectivity index (χ0) is 21.1. The Morgan fingerprint density at radius 2 is 1.50 bits per heavy atom. The van der Waals surface area contributed by atoms with E-state index in [4.69, 9.17) is 11.6 Å². The molecule has 1 atom stereocenters. The Bertz CT molecular complexity index is 955. The van der Waals surface area contributed by atoms with Crippen LogP contribution in [0, 0.1) is 0 Å². The van der Waals surface area contributed by atoms with Crippen LogP contribution in [0.4, 0.5) is 11.4 Å². The molecular weight excluding hydrogens is 400 g/mol. The van der Waals surface area contributed by atoms with Crippen LogP contribution < -0.4 is 9.62 Å². The molecule has 2 aromatic rings. The number of benzene rings is 2. The summed E-state index contributed by atoms with van der Waals surface area (Å²) in [4.78, 5) is 22.9. The Morgan fingerprint density at radius 3 is 1.93 bits per heavy atom. The summed E-state index contributed by atoms with van der Waals surface area (Å²) < 4.78 is 27.5. The number of hydrogen-bond acceptors (Lipinski definition) is 4. The topological polar surface area (TPSA) is 83.6 Å². The quantitative estimate of drug-likeness (QED) is 0.680. The van der Waals surface area contributed by atoms with E-state index in [1.54, 1.807) is 12.1 Å². The van der Waals surface area contributed by atoms with E-state index in [0.29, 0.717) is 11.4 Å². The van der Waals surface area contributed by atoms with Crippen molar-refractivity contribution in [3.8, 4) is 0 Å². The van der Waals surface area contributed by atoms with Crippen molar-refractivity contribution in [1.29, 1.82) is 0 Å². The van der Waals surface area contributed by atoms with Gasteiger partial charge in [0.05, 0.1) is 10.6 Å². The lowest BCUT2D eigenvalue weighted by Gasteiger charge is -2.28. The first kappa shape index (κ1) is 21.9. The number of nitrogens with one attached hydrogen (secondary N) is 1. The summed E-state index contributed by atoms with van der Waals surface area (Å²) >= 11 is 5.64. The molecule has 1 unspecified atom stereocenters. The minimum atomic E-state index is -4.06. The molecule has 2 aromatic carbocycles. The van der Waals surface area contributed by atoms with Gasteiger partial charge in [-0.05, 0) is 66.4 Å². The second kappa shape index (κ2) is 8.75. The highest BCUT2D eigenvalue weighted by atomic mass is 35.5. The van der Waals surface area contributed by atoms with E-state index in [0.717, 1.165) is 9.87 Å². The van der Waals surface area contributed by atoms with Crippen molar-refractivity contribution in [2.75, 3.05) is 9.62 Å². The van der Waals surface area contributed by atoms with Crippen molar-refractivity contribution < 1.29 is 18.0 Å². The first-order valence-corrected chi connectivity index (χ1v) is 10.6. The highest BCUT2D eigenvalue weighted by Gasteiger charge is 2.32. The number of amides is 1. The third-order valence-electron chi connectivity index (χ3n) is 4.23. The van der Waals surface area contributed by atoms with Gasteiger partial charge in [-0.15, -0.1) is 0 Å². The van der Waals surface area contributed by atoms with Crippen LogP contribution in [0.3, 0.4) is 0 Å². The van der Waals surface area contributed by atoms with Crippen LogP contribution in [-0.4, -0.2) is 25.6 Å². The van der Waals surface area contributed by atoms with Crippen LogP contribution in [0.25, 0.3) is 0 Å². The molecule has 0 aliphatic carbocycles. The number of anilines is 2. The fourth-order valence-corrected chi connectivity index (χ4v) is 4.47. The van der Waals surface area contributed by atoms with Crippen LogP contribution in [0.15, 0.2) is 53.4 Å². The zero-order valence-electron chi connectivity index (χ0n) is 16.1. The number of rotatable bonds is 7. The first-order valence-electron chi connectivity index (χ1n) is 8.75. The number of carbonyl (C=O) groups excluding carboxylic acids is 2. The summed E-state index contributed by atoms with van der Waals surface area (Å²) in [5.41, 5.74) is 1.86. The van der Waals surface area contributed by atoms with Gasteiger partial charge in [0.15, 0.2) is 0 Å². The molecule has 0 aliphatic rings. The molecule has 28 heavy (non-hydrogen) atoms. The van der Waals surface area contributed by atoms with Crippen molar-refractivity contribution in [1.82, 2.24) is 0 Å². The number of carbonyl (C=O) groups is 2. The average Bonchev–Trinajstić information content (AvgIpc) is 2.62. The van der Waals surface area contributed by atoms with Crippen molar-refractivity contribution in [3.63, 3.8) is 0 Å². The van der Waals surface area contributed by atoms with Gasteiger partial charge in [0.25, 0.3) is 10.0 Å². The normalized spacial score (nSPS) is 12.5. The van der Waals surface area contributed by atoms with Crippen LogP contribution in [0.5, 0.6) is 0 Å². The minimum absolute atomic E-state index is 0.0145. The summed E-state index contributed by atoms with van der Waals surface area (Å²) in [5, 5.41) is 1.79. The van der Waals surface area contributed by atoms with Gasteiger partial charge in [-0.1, -0.05) is 26.0 Å². The molecule has 0 radical (unpaired) electrons. The van der Waals surface area contributed by atoms with Gasteiger partial charge in [0.1, 0.15) is 6.04 Å². The molecule has 0 fully saturated rings. The molecule has 0 saturated carbocycles.